The van der Waals surface area contributed by atoms with Crippen LogP contribution in [0.25, 0.3) is 0 Å². The average molecular weight is 205 g/mol. The molecule has 0 spiro atoms. The van der Waals surface area contributed by atoms with Crippen LogP contribution >= 0.6 is 0 Å². The van der Waals surface area contributed by atoms with E-state index in [2.05, 4.69) is 0 Å². The van der Waals surface area contributed by atoms with Crippen LogP contribution in [0.2, 0.25) is 0 Å². The topological polar surface area (TPSA) is 37.4 Å². The second-order valence-electron chi connectivity index (χ2n) is 3.45. The summed E-state index contributed by atoms with van der Waals surface area (Å²) in [5.74, 6) is -0.484. The third kappa shape index (κ3) is 2.91. The first kappa shape index (κ1) is 11.4. The summed E-state index contributed by atoms with van der Waals surface area (Å²) in [5.41, 5.74) is 1.86. The van der Waals surface area contributed by atoms with Gasteiger partial charge in [0.05, 0.1) is 0 Å². The van der Waals surface area contributed by atoms with Gasteiger partial charge in [0.25, 0.3) is 5.91 Å². The maximum atomic E-state index is 11.4. The number of aldehydes is 1. The van der Waals surface area contributed by atoms with Gasteiger partial charge in [-0.05, 0) is 31.0 Å². The van der Waals surface area contributed by atoms with Gasteiger partial charge in [-0.2, -0.15) is 0 Å². The van der Waals surface area contributed by atoms with Gasteiger partial charge in [-0.15, -0.1) is 0 Å². The zero-order valence-corrected chi connectivity index (χ0v) is 9.06. The Balaban J connectivity index is 2.98. The summed E-state index contributed by atoms with van der Waals surface area (Å²) in [5, 5.41) is 0. The third-order valence-electron chi connectivity index (χ3n) is 2.13. The molecule has 0 radical (unpaired) electrons. The predicted octanol–water partition coefficient (Wildman–Crippen LogP) is 1.94. The molecule has 0 aromatic heterocycles. The molecule has 1 aromatic rings. The number of carbonyl (C=O) groups excluding carboxylic acids is 2. The molecule has 0 saturated heterocycles. The molecule has 0 aliphatic heterocycles. The number of anilines is 1. The predicted molar refractivity (Wildman–Crippen MR) is 59.9 cm³/mol. The molecule has 80 valence electrons. The zero-order valence-electron chi connectivity index (χ0n) is 9.06. The largest absolute Gasteiger partial charge is 0.306 e. The van der Waals surface area contributed by atoms with E-state index in [4.69, 9.17) is 0 Å². The van der Waals surface area contributed by atoms with Gasteiger partial charge in [0.2, 0.25) is 6.29 Å². The van der Waals surface area contributed by atoms with Crippen molar-refractivity contribution in [3.8, 4) is 0 Å². The molecule has 15 heavy (non-hydrogen) atoms. The second kappa shape index (κ2) is 5.29. The van der Waals surface area contributed by atoms with Crippen molar-refractivity contribution >= 4 is 17.9 Å². The Morgan fingerprint density at radius 2 is 2.20 bits per heavy atom. The van der Waals surface area contributed by atoms with Crippen LogP contribution in [0.15, 0.2) is 24.3 Å². The van der Waals surface area contributed by atoms with E-state index in [9.17, 15) is 9.59 Å². The van der Waals surface area contributed by atoms with Crippen molar-refractivity contribution in [3.05, 3.63) is 29.8 Å². The number of carbonyl (C=O) groups is 2. The molecule has 1 amide bonds. The minimum absolute atomic E-state index is 0.359. The van der Waals surface area contributed by atoms with Gasteiger partial charge in [-0.1, -0.05) is 19.1 Å². The molecular weight excluding hydrogens is 190 g/mol. The van der Waals surface area contributed by atoms with E-state index in [1.165, 1.54) is 4.90 Å². The lowest BCUT2D eigenvalue weighted by Crippen LogP contribution is -2.32. The van der Waals surface area contributed by atoms with Crippen LogP contribution in [0, 0.1) is 6.92 Å². The van der Waals surface area contributed by atoms with Crippen LogP contribution in [0.1, 0.15) is 18.9 Å². The Hall–Kier alpha value is -1.64. The van der Waals surface area contributed by atoms with E-state index in [1.807, 2.05) is 38.1 Å². The summed E-state index contributed by atoms with van der Waals surface area (Å²) in [6.07, 6.45) is 1.19. The smallest absolute Gasteiger partial charge is 0.291 e. The molecule has 0 bridgehead atoms. The van der Waals surface area contributed by atoms with E-state index in [-0.39, 0.29) is 0 Å². The van der Waals surface area contributed by atoms with Crippen molar-refractivity contribution in [1.29, 1.82) is 0 Å². The normalized spacial score (nSPS) is 9.73. The summed E-state index contributed by atoms with van der Waals surface area (Å²) >= 11 is 0. The molecule has 0 saturated carbocycles. The first-order valence-electron chi connectivity index (χ1n) is 5.02. The fourth-order valence-corrected chi connectivity index (χ4v) is 1.45. The summed E-state index contributed by atoms with van der Waals surface area (Å²) in [7, 11) is 0. The number of nitrogens with zero attached hydrogens (tertiary/aromatic N) is 1. The van der Waals surface area contributed by atoms with Crippen molar-refractivity contribution < 1.29 is 9.59 Å². The van der Waals surface area contributed by atoms with Gasteiger partial charge in [0.15, 0.2) is 0 Å². The molecule has 0 aliphatic carbocycles. The van der Waals surface area contributed by atoms with Gasteiger partial charge in [-0.25, -0.2) is 0 Å². The van der Waals surface area contributed by atoms with Crippen molar-refractivity contribution in [2.24, 2.45) is 0 Å². The van der Waals surface area contributed by atoms with Crippen molar-refractivity contribution in [2.75, 3.05) is 11.4 Å². The molecule has 0 N–H and O–H groups in total. The minimum atomic E-state index is -0.484. The third-order valence-corrected chi connectivity index (χ3v) is 2.13. The Bertz CT molecular complexity index is 360. The monoisotopic (exact) mass is 205 g/mol. The number of amides is 1. The molecule has 1 rings (SSSR count). The molecule has 0 unspecified atom stereocenters. The van der Waals surface area contributed by atoms with Crippen LogP contribution < -0.4 is 4.90 Å². The lowest BCUT2D eigenvalue weighted by atomic mass is 10.2. The number of hydrogen-bond acceptors (Lipinski definition) is 2. The Kier molecular flexibility index (Phi) is 4.03. The molecule has 1 aromatic carbocycles. The molecule has 3 nitrogen and oxygen atoms in total. The van der Waals surface area contributed by atoms with E-state index in [0.29, 0.717) is 12.8 Å². The van der Waals surface area contributed by atoms with Gasteiger partial charge in [-0.3, -0.25) is 9.59 Å². The lowest BCUT2D eigenvalue weighted by molar-refractivity contribution is -0.129. The summed E-state index contributed by atoms with van der Waals surface area (Å²) in [6.45, 7) is 4.50. The highest BCUT2D eigenvalue weighted by atomic mass is 16.2. The number of aryl methyl sites for hydroxylation is 1. The summed E-state index contributed by atoms with van der Waals surface area (Å²) < 4.78 is 0. The van der Waals surface area contributed by atoms with Crippen molar-refractivity contribution in [3.63, 3.8) is 0 Å². The van der Waals surface area contributed by atoms with E-state index in [1.54, 1.807) is 0 Å². The highest BCUT2D eigenvalue weighted by Gasteiger charge is 2.13. The zero-order chi connectivity index (χ0) is 11.3. The first-order valence-corrected chi connectivity index (χ1v) is 5.02. The molecule has 0 fully saturated rings. The van der Waals surface area contributed by atoms with Crippen LogP contribution in [0.5, 0.6) is 0 Å². The second-order valence-corrected chi connectivity index (χ2v) is 3.45. The molecular formula is C12H15NO2. The highest BCUT2D eigenvalue weighted by Crippen LogP contribution is 2.15. The number of rotatable bonds is 4. The van der Waals surface area contributed by atoms with E-state index in [0.717, 1.165) is 17.7 Å². The fourth-order valence-electron chi connectivity index (χ4n) is 1.45. The summed E-state index contributed by atoms with van der Waals surface area (Å²) in [4.78, 5) is 23.4. The van der Waals surface area contributed by atoms with Crippen LogP contribution in [0.4, 0.5) is 5.69 Å². The number of hydrogen-bond donors (Lipinski definition) is 0. The Morgan fingerprint density at radius 1 is 1.47 bits per heavy atom. The molecule has 0 atom stereocenters. The van der Waals surface area contributed by atoms with Crippen LogP contribution in [0.3, 0.4) is 0 Å². The average Bonchev–Trinajstić information content (AvgIpc) is 2.25. The standard InChI is InChI=1S/C12H15NO2/c1-3-7-13(12(15)9-14)11-6-4-5-10(2)8-11/h4-6,8-9H,3,7H2,1-2H3. The first-order chi connectivity index (χ1) is 7.19. The quantitative estimate of drug-likeness (QED) is 0.556. The Labute approximate surface area is 89.7 Å². The SMILES string of the molecule is CCCN(C(=O)C=O)c1cccc(C)c1. The maximum Gasteiger partial charge on any atom is 0.291 e. The molecule has 0 heterocycles. The van der Waals surface area contributed by atoms with Crippen LogP contribution in [-0.2, 0) is 9.59 Å². The molecule has 3 heteroatoms. The van der Waals surface area contributed by atoms with Crippen molar-refractivity contribution in [1.82, 2.24) is 0 Å². The van der Waals surface area contributed by atoms with Crippen molar-refractivity contribution in [2.45, 2.75) is 20.3 Å². The minimum Gasteiger partial charge on any atom is -0.306 e. The Morgan fingerprint density at radius 3 is 2.73 bits per heavy atom. The highest BCUT2D eigenvalue weighted by molar-refractivity contribution is 6.30. The van der Waals surface area contributed by atoms with Gasteiger partial charge in [0.1, 0.15) is 0 Å². The lowest BCUT2D eigenvalue weighted by Gasteiger charge is -2.19. The van der Waals surface area contributed by atoms with Gasteiger partial charge in [0, 0.05) is 12.2 Å². The van der Waals surface area contributed by atoms with E-state index >= 15 is 0 Å². The summed E-state index contributed by atoms with van der Waals surface area (Å²) in [6, 6.07) is 7.57. The van der Waals surface area contributed by atoms with E-state index < -0.39 is 5.91 Å². The number of benzene rings is 1. The maximum absolute atomic E-state index is 11.4. The van der Waals surface area contributed by atoms with Crippen LogP contribution in [-0.4, -0.2) is 18.7 Å². The van der Waals surface area contributed by atoms with Gasteiger partial charge < -0.3 is 4.90 Å². The fraction of sp³-hybridized carbons (Fsp3) is 0.333. The molecule has 0 aliphatic rings. The van der Waals surface area contributed by atoms with Gasteiger partial charge >= 0.3 is 0 Å².